The number of rotatable bonds is 3. The number of aromatic nitrogens is 2. The Hall–Kier alpha value is -1.55. The summed E-state index contributed by atoms with van der Waals surface area (Å²) in [4.78, 5) is 8.28. The van der Waals surface area contributed by atoms with Crippen LogP contribution in [0.1, 0.15) is 17.0 Å². The lowest BCUT2D eigenvalue weighted by atomic mass is 9.79. The van der Waals surface area contributed by atoms with Crippen molar-refractivity contribution in [3.05, 3.63) is 47.8 Å². The summed E-state index contributed by atoms with van der Waals surface area (Å²) >= 11 is 1.70. The van der Waals surface area contributed by atoms with E-state index in [1.807, 2.05) is 0 Å². The number of benzene rings is 1. The summed E-state index contributed by atoms with van der Waals surface area (Å²) in [5.41, 5.74) is 8.72. The molecule has 0 radical (unpaired) electrons. The predicted molar refractivity (Wildman–Crippen MR) is 70.1 cm³/mol. The van der Waals surface area contributed by atoms with Gasteiger partial charge in [0.15, 0.2) is 5.82 Å². The van der Waals surface area contributed by atoms with Crippen molar-refractivity contribution in [2.45, 2.75) is 17.4 Å². The van der Waals surface area contributed by atoms with Gasteiger partial charge in [0, 0.05) is 18.1 Å². The number of hydrogen-bond donors (Lipinski definition) is 1. The van der Waals surface area contributed by atoms with Gasteiger partial charge < -0.3 is 5.73 Å². The number of hydrogen-bond acceptors (Lipinski definition) is 4. The number of anilines is 1. The van der Waals surface area contributed by atoms with E-state index in [2.05, 4.69) is 34.2 Å². The van der Waals surface area contributed by atoms with Gasteiger partial charge in [0.2, 0.25) is 0 Å². The van der Waals surface area contributed by atoms with Crippen LogP contribution in [0.5, 0.6) is 0 Å². The first-order valence-electron chi connectivity index (χ1n) is 5.61. The first-order chi connectivity index (χ1) is 8.34. The highest BCUT2D eigenvalue weighted by atomic mass is 32.2. The van der Waals surface area contributed by atoms with E-state index in [4.69, 9.17) is 5.73 Å². The zero-order chi connectivity index (χ0) is 11.7. The van der Waals surface area contributed by atoms with Crippen molar-refractivity contribution in [2.24, 2.45) is 0 Å². The number of nitrogens with zero attached hydrogens (tertiary/aromatic N) is 2. The smallest absolute Gasteiger partial charge is 0.156 e. The summed E-state index contributed by atoms with van der Waals surface area (Å²) in [7, 11) is 0. The second-order valence-electron chi connectivity index (χ2n) is 4.16. The van der Waals surface area contributed by atoms with Gasteiger partial charge in [-0.15, -0.1) is 11.8 Å². The summed E-state index contributed by atoms with van der Waals surface area (Å²) in [6.45, 7) is 0. The molecule has 0 amide bonds. The van der Waals surface area contributed by atoms with Crippen LogP contribution >= 0.6 is 11.8 Å². The maximum absolute atomic E-state index is 5.77. The number of thioether (sulfide) groups is 1. The number of fused-ring (bicyclic) bond motifs is 1. The monoisotopic (exact) mass is 243 g/mol. The minimum atomic E-state index is 0.533. The molecule has 3 nitrogen and oxygen atoms in total. The van der Waals surface area contributed by atoms with Crippen molar-refractivity contribution in [1.29, 1.82) is 0 Å². The van der Waals surface area contributed by atoms with Gasteiger partial charge in [0.1, 0.15) is 5.03 Å². The molecule has 2 N–H and O–H groups in total. The zero-order valence-corrected chi connectivity index (χ0v) is 10.2. The Morgan fingerprint density at radius 1 is 1.24 bits per heavy atom. The van der Waals surface area contributed by atoms with Crippen LogP contribution in [0.3, 0.4) is 0 Å². The number of nitrogens with two attached hydrogens (primary N) is 1. The van der Waals surface area contributed by atoms with Gasteiger partial charge in [0.05, 0.1) is 0 Å². The normalized spacial score (nSPS) is 17.3. The van der Waals surface area contributed by atoms with Crippen LogP contribution in [0.15, 0.2) is 41.7 Å². The second-order valence-corrected chi connectivity index (χ2v) is 5.17. The third-order valence-corrected chi connectivity index (χ3v) is 4.23. The lowest BCUT2D eigenvalue weighted by Crippen LogP contribution is -2.18. The molecule has 0 fully saturated rings. The molecule has 4 heteroatoms. The van der Waals surface area contributed by atoms with Crippen molar-refractivity contribution < 1.29 is 0 Å². The molecule has 1 atom stereocenters. The molecular weight excluding hydrogens is 230 g/mol. The predicted octanol–water partition coefficient (Wildman–Crippen LogP) is 2.49. The molecule has 0 bridgehead atoms. The lowest BCUT2D eigenvalue weighted by Gasteiger charge is -2.29. The van der Waals surface area contributed by atoms with Crippen molar-refractivity contribution >= 4 is 17.6 Å². The molecule has 86 valence electrons. The van der Waals surface area contributed by atoms with E-state index in [1.54, 1.807) is 24.2 Å². The molecule has 0 aliphatic heterocycles. The van der Waals surface area contributed by atoms with Crippen LogP contribution < -0.4 is 5.73 Å². The molecule has 1 aliphatic rings. The van der Waals surface area contributed by atoms with Crippen LogP contribution in [0.4, 0.5) is 5.82 Å². The molecule has 0 saturated carbocycles. The van der Waals surface area contributed by atoms with Gasteiger partial charge in [0.25, 0.3) is 0 Å². The average Bonchev–Trinajstić information content (AvgIpc) is 2.32. The average molecular weight is 243 g/mol. The molecule has 1 unspecified atom stereocenters. The summed E-state index contributed by atoms with van der Waals surface area (Å²) in [5, 5.41) is 0.844. The zero-order valence-electron chi connectivity index (χ0n) is 9.34. The molecule has 1 aromatic carbocycles. The molecule has 0 spiro atoms. The summed E-state index contributed by atoms with van der Waals surface area (Å²) in [5.74, 6) is 2.20. The van der Waals surface area contributed by atoms with Crippen molar-refractivity contribution in [3.63, 3.8) is 0 Å². The minimum Gasteiger partial charge on any atom is -0.381 e. The quantitative estimate of drug-likeness (QED) is 0.841. The van der Waals surface area contributed by atoms with Crippen LogP contribution in [0.2, 0.25) is 0 Å². The topological polar surface area (TPSA) is 51.8 Å². The molecule has 1 heterocycles. The summed E-state index contributed by atoms with van der Waals surface area (Å²) in [6, 6.07) is 8.62. The van der Waals surface area contributed by atoms with E-state index >= 15 is 0 Å². The molecular formula is C13H13N3S. The highest BCUT2D eigenvalue weighted by molar-refractivity contribution is 7.99. The van der Waals surface area contributed by atoms with E-state index in [0.717, 1.165) is 10.8 Å². The molecule has 2 aromatic rings. The highest BCUT2D eigenvalue weighted by Crippen LogP contribution is 2.38. The SMILES string of the molecule is Nc1nccnc1SCC1Cc2ccccc21. The van der Waals surface area contributed by atoms with Crippen LogP contribution in [-0.2, 0) is 6.42 Å². The van der Waals surface area contributed by atoms with E-state index in [9.17, 15) is 0 Å². The van der Waals surface area contributed by atoms with Gasteiger partial charge in [-0.1, -0.05) is 24.3 Å². The van der Waals surface area contributed by atoms with Gasteiger partial charge in [-0.05, 0) is 23.5 Å². The molecule has 3 rings (SSSR count). The fraction of sp³-hybridized carbons (Fsp3) is 0.231. The molecule has 1 aliphatic carbocycles. The first kappa shape index (κ1) is 10.6. The lowest BCUT2D eigenvalue weighted by molar-refractivity contribution is 0.677. The fourth-order valence-electron chi connectivity index (χ4n) is 2.14. The van der Waals surface area contributed by atoms with Crippen LogP contribution in [0, 0.1) is 0 Å². The van der Waals surface area contributed by atoms with Crippen molar-refractivity contribution in [2.75, 3.05) is 11.5 Å². The Bertz CT molecular complexity index is 542. The van der Waals surface area contributed by atoms with Gasteiger partial charge in [-0.25, -0.2) is 9.97 Å². The molecule has 17 heavy (non-hydrogen) atoms. The fourth-order valence-corrected chi connectivity index (χ4v) is 3.13. The Morgan fingerprint density at radius 2 is 2.06 bits per heavy atom. The van der Waals surface area contributed by atoms with Crippen LogP contribution in [0.25, 0.3) is 0 Å². The second kappa shape index (κ2) is 4.37. The molecule has 1 aromatic heterocycles. The van der Waals surface area contributed by atoms with E-state index < -0.39 is 0 Å². The standard InChI is InChI=1S/C13H13N3S/c14-12-13(16-6-5-15-12)17-8-10-7-9-3-1-2-4-11(9)10/h1-6,10H,7-8H2,(H2,14,15). The summed E-state index contributed by atoms with van der Waals surface area (Å²) < 4.78 is 0. The minimum absolute atomic E-state index is 0.533. The maximum atomic E-state index is 5.77. The Balaban J connectivity index is 1.66. The molecule has 0 saturated heterocycles. The largest absolute Gasteiger partial charge is 0.381 e. The van der Waals surface area contributed by atoms with Crippen molar-refractivity contribution in [3.8, 4) is 0 Å². The highest BCUT2D eigenvalue weighted by Gasteiger charge is 2.25. The first-order valence-corrected chi connectivity index (χ1v) is 6.60. The Labute approximate surface area is 104 Å². The third-order valence-electron chi connectivity index (χ3n) is 3.07. The maximum Gasteiger partial charge on any atom is 0.156 e. The van der Waals surface area contributed by atoms with Gasteiger partial charge >= 0.3 is 0 Å². The van der Waals surface area contributed by atoms with E-state index in [1.165, 1.54) is 17.5 Å². The van der Waals surface area contributed by atoms with Gasteiger partial charge in [-0.2, -0.15) is 0 Å². The van der Waals surface area contributed by atoms with Crippen molar-refractivity contribution in [1.82, 2.24) is 9.97 Å². The third kappa shape index (κ3) is 2.00. The van der Waals surface area contributed by atoms with E-state index in [0.29, 0.717) is 11.7 Å². The summed E-state index contributed by atoms with van der Waals surface area (Å²) in [6.07, 6.45) is 4.48. The van der Waals surface area contributed by atoms with E-state index in [-0.39, 0.29) is 0 Å². The van der Waals surface area contributed by atoms with Crippen LogP contribution in [-0.4, -0.2) is 15.7 Å². The van der Waals surface area contributed by atoms with Gasteiger partial charge in [-0.3, -0.25) is 0 Å². The number of nitrogen functional groups attached to an aromatic ring is 1. The Morgan fingerprint density at radius 3 is 2.88 bits per heavy atom. The Kier molecular flexibility index (Phi) is 2.73.